The van der Waals surface area contributed by atoms with Gasteiger partial charge in [0.05, 0.1) is 11.3 Å². The average Bonchev–Trinajstić information content (AvgIpc) is 3.01. The van der Waals surface area contributed by atoms with Crippen LogP contribution in [0.25, 0.3) is 0 Å². The van der Waals surface area contributed by atoms with Gasteiger partial charge in [-0.2, -0.15) is 0 Å². The van der Waals surface area contributed by atoms with Gasteiger partial charge >= 0.3 is 0 Å². The number of rotatable bonds is 1. The third-order valence-electron chi connectivity index (χ3n) is 4.26. The summed E-state index contributed by atoms with van der Waals surface area (Å²) in [6.45, 7) is 0.247. The zero-order valence-corrected chi connectivity index (χ0v) is 12.4. The first-order valence-electron chi connectivity index (χ1n) is 7.15. The van der Waals surface area contributed by atoms with E-state index in [1.807, 2.05) is 56.6 Å². The molecule has 2 aliphatic heterocycles. The molecule has 0 aromatic heterocycles. The number of nitrogens with zero attached hydrogens (tertiary/aromatic N) is 2. The van der Waals surface area contributed by atoms with Crippen molar-refractivity contribution in [1.29, 1.82) is 0 Å². The Hall–Kier alpha value is -2.69. The van der Waals surface area contributed by atoms with Crippen molar-refractivity contribution in [2.24, 2.45) is 0 Å². The molecule has 112 valence electrons. The number of carbonyl (C=O) groups excluding carboxylic acids is 1. The zero-order valence-electron chi connectivity index (χ0n) is 12.4. The molecule has 1 amide bonds. The first-order chi connectivity index (χ1) is 10.7. The monoisotopic (exact) mass is 296 g/mol. The molecule has 2 heterocycles. The molecule has 22 heavy (non-hydrogen) atoms. The number of ether oxygens (including phenoxy) is 2. The van der Waals surface area contributed by atoms with Crippen LogP contribution in [0.5, 0.6) is 11.5 Å². The standard InChI is InChI=1S/C17H16N2O3/c1-18-13-6-4-3-5-12(13)17(20)19(2)16(18)11-7-8-14-15(9-11)22-10-21-14/h3-9,16H,10H2,1-2H3/t16-/m0/s1. The predicted molar refractivity (Wildman–Crippen MR) is 82.2 cm³/mol. The number of para-hydroxylation sites is 1. The van der Waals surface area contributed by atoms with Gasteiger partial charge in [-0.1, -0.05) is 18.2 Å². The number of fused-ring (bicyclic) bond motifs is 2. The predicted octanol–water partition coefficient (Wildman–Crippen LogP) is 2.64. The minimum atomic E-state index is -0.170. The van der Waals surface area contributed by atoms with E-state index in [9.17, 15) is 4.79 Å². The van der Waals surface area contributed by atoms with Crippen LogP contribution >= 0.6 is 0 Å². The second kappa shape index (κ2) is 4.66. The van der Waals surface area contributed by atoms with Crippen LogP contribution in [0.1, 0.15) is 22.1 Å². The van der Waals surface area contributed by atoms with Crippen molar-refractivity contribution in [2.75, 3.05) is 25.8 Å². The Morgan fingerprint density at radius 2 is 1.77 bits per heavy atom. The summed E-state index contributed by atoms with van der Waals surface area (Å²) in [5, 5.41) is 0. The lowest BCUT2D eigenvalue weighted by atomic mass is 10.0. The SMILES string of the molecule is CN1C(=O)c2ccccc2N(C)[C@@H]1c1ccc2c(c1)OCO2. The molecule has 2 aromatic rings. The van der Waals surface area contributed by atoms with E-state index < -0.39 is 0 Å². The largest absolute Gasteiger partial charge is 0.454 e. The van der Waals surface area contributed by atoms with Crippen LogP contribution in [0.15, 0.2) is 42.5 Å². The fourth-order valence-electron chi connectivity index (χ4n) is 3.18. The summed E-state index contributed by atoms with van der Waals surface area (Å²) in [5.74, 6) is 1.50. The lowest BCUT2D eigenvalue weighted by molar-refractivity contribution is 0.0711. The maximum atomic E-state index is 12.6. The summed E-state index contributed by atoms with van der Waals surface area (Å²) in [5.41, 5.74) is 2.66. The first kappa shape index (κ1) is 13.0. The zero-order chi connectivity index (χ0) is 15.3. The van der Waals surface area contributed by atoms with Crippen LogP contribution in [0.2, 0.25) is 0 Å². The number of hydrogen-bond acceptors (Lipinski definition) is 4. The van der Waals surface area contributed by atoms with Gasteiger partial charge in [-0.3, -0.25) is 4.79 Å². The maximum absolute atomic E-state index is 12.6. The Labute approximate surface area is 128 Å². The Morgan fingerprint density at radius 1 is 1.00 bits per heavy atom. The van der Waals surface area contributed by atoms with Crippen LogP contribution in [0.3, 0.4) is 0 Å². The first-order valence-corrected chi connectivity index (χ1v) is 7.15. The minimum Gasteiger partial charge on any atom is -0.454 e. The summed E-state index contributed by atoms with van der Waals surface area (Å²) < 4.78 is 10.8. The minimum absolute atomic E-state index is 0.0244. The normalized spacial score (nSPS) is 19.4. The van der Waals surface area contributed by atoms with Crippen molar-refractivity contribution in [2.45, 2.75) is 6.17 Å². The van der Waals surface area contributed by atoms with Gasteiger partial charge in [0, 0.05) is 14.1 Å². The summed E-state index contributed by atoms with van der Waals surface area (Å²) in [6.07, 6.45) is -0.170. The van der Waals surface area contributed by atoms with E-state index in [-0.39, 0.29) is 18.9 Å². The Bertz CT molecular complexity index is 759. The van der Waals surface area contributed by atoms with Crippen LogP contribution in [-0.2, 0) is 0 Å². The molecule has 0 fully saturated rings. The maximum Gasteiger partial charge on any atom is 0.257 e. The van der Waals surface area contributed by atoms with E-state index in [0.29, 0.717) is 0 Å². The van der Waals surface area contributed by atoms with E-state index in [4.69, 9.17) is 9.47 Å². The molecule has 2 aliphatic rings. The van der Waals surface area contributed by atoms with Crippen molar-refractivity contribution in [3.05, 3.63) is 53.6 Å². The van der Waals surface area contributed by atoms with Gasteiger partial charge in [0.15, 0.2) is 11.5 Å². The molecular formula is C17H16N2O3. The molecule has 2 aromatic carbocycles. The van der Waals surface area contributed by atoms with E-state index in [2.05, 4.69) is 4.90 Å². The van der Waals surface area contributed by atoms with Gasteiger partial charge in [-0.25, -0.2) is 0 Å². The molecule has 0 aliphatic carbocycles. The van der Waals surface area contributed by atoms with Gasteiger partial charge < -0.3 is 19.3 Å². The molecular weight excluding hydrogens is 280 g/mol. The molecule has 0 bridgehead atoms. The van der Waals surface area contributed by atoms with Gasteiger partial charge in [0.1, 0.15) is 6.17 Å². The summed E-state index contributed by atoms with van der Waals surface area (Å²) in [4.78, 5) is 16.5. The summed E-state index contributed by atoms with van der Waals surface area (Å²) >= 11 is 0. The quantitative estimate of drug-likeness (QED) is 0.811. The second-order valence-electron chi connectivity index (χ2n) is 5.53. The van der Waals surface area contributed by atoms with Crippen molar-refractivity contribution < 1.29 is 14.3 Å². The van der Waals surface area contributed by atoms with E-state index in [0.717, 1.165) is 28.3 Å². The molecule has 1 atom stereocenters. The lowest BCUT2D eigenvalue weighted by Crippen LogP contribution is -2.45. The van der Waals surface area contributed by atoms with Gasteiger partial charge in [-0.05, 0) is 29.8 Å². The van der Waals surface area contributed by atoms with Crippen molar-refractivity contribution in [3.8, 4) is 11.5 Å². The highest BCUT2D eigenvalue weighted by atomic mass is 16.7. The smallest absolute Gasteiger partial charge is 0.257 e. The number of hydrogen-bond donors (Lipinski definition) is 0. The highest BCUT2D eigenvalue weighted by Crippen LogP contribution is 2.40. The Balaban J connectivity index is 1.80. The third kappa shape index (κ3) is 1.75. The molecule has 5 nitrogen and oxygen atoms in total. The van der Waals surface area contributed by atoms with Crippen LogP contribution in [0, 0.1) is 0 Å². The topological polar surface area (TPSA) is 42.0 Å². The van der Waals surface area contributed by atoms with Crippen LogP contribution in [0.4, 0.5) is 5.69 Å². The van der Waals surface area contributed by atoms with Crippen molar-refractivity contribution in [3.63, 3.8) is 0 Å². The molecule has 0 saturated carbocycles. The fraction of sp³-hybridized carbons (Fsp3) is 0.235. The van der Waals surface area contributed by atoms with E-state index >= 15 is 0 Å². The molecule has 0 radical (unpaired) electrons. The van der Waals surface area contributed by atoms with E-state index in [1.165, 1.54) is 0 Å². The summed E-state index contributed by atoms with van der Waals surface area (Å²) in [6, 6.07) is 13.5. The Morgan fingerprint density at radius 3 is 2.64 bits per heavy atom. The third-order valence-corrected chi connectivity index (χ3v) is 4.26. The Kier molecular flexibility index (Phi) is 2.76. The fourth-order valence-corrected chi connectivity index (χ4v) is 3.18. The molecule has 4 rings (SSSR count). The highest BCUT2D eigenvalue weighted by Gasteiger charge is 2.34. The van der Waals surface area contributed by atoms with Crippen LogP contribution < -0.4 is 14.4 Å². The highest BCUT2D eigenvalue weighted by molar-refractivity contribution is 6.01. The number of benzene rings is 2. The van der Waals surface area contributed by atoms with Crippen molar-refractivity contribution in [1.82, 2.24) is 4.90 Å². The molecule has 0 spiro atoms. The molecule has 0 N–H and O–H groups in total. The summed E-state index contributed by atoms with van der Waals surface area (Å²) in [7, 11) is 3.82. The lowest BCUT2D eigenvalue weighted by Gasteiger charge is -2.42. The van der Waals surface area contributed by atoms with Crippen LogP contribution in [-0.4, -0.2) is 31.7 Å². The number of carbonyl (C=O) groups is 1. The second-order valence-corrected chi connectivity index (χ2v) is 5.53. The van der Waals surface area contributed by atoms with Gasteiger partial charge in [0.2, 0.25) is 6.79 Å². The van der Waals surface area contributed by atoms with Crippen molar-refractivity contribution >= 4 is 11.6 Å². The number of anilines is 1. The van der Waals surface area contributed by atoms with Gasteiger partial charge in [0.25, 0.3) is 5.91 Å². The number of amides is 1. The molecule has 5 heteroatoms. The average molecular weight is 296 g/mol. The van der Waals surface area contributed by atoms with E-state index in [1.54, 1.807) is 4.90 Å². The molecule has 0 unspecified atom stereocenters. The molecule has 0 saturated heterocycles. The van der Waals surface area contributed by atoms with Gasteiger partial charge in [-0.15, -0.1) is 0 Å².